The van der Waals surface area contributed by atoms with Gasteiger partial charge in [0.05, 0.1) is 0 Å². The molecule has 0 N–H and O–H groups in total. The first-order valence-electron chi connectivity index (χ1n) is 16.2. The van der Waals surface area contributed by atoms with E-state index in [1.165, 1.54) is 96.6 Å². The number of fused-ring (bicyclic) bond motifs is 10. The summed E-state index contributed by atoms with van der Waals surface area (Å²) in [6.45, 7) is 0. The van der Waals surface area contributed by atoms with Gasteiger partial charge in [-0.2, -0.15) is 0 Å². The second-order valence-corrected chi connectivity index (χ2v) is 13.4. The largest absolute Gasteiger partial charge is 0.134 e. The van der Waals surface area contributed by atoms with Gasteiger partial charge in [-0.05, 0) is 77.2 Å². The Balaban J connectivity index is 1.14. The molecule has 1 heterocycles. The molecule has 10 rings (SSSR count). The molecule has 0 saturated heterocycles. The Morgan fingerprint density at radius 3 is 1.30 bits per heavy atom. The van der Waals surface area contributed by atoms with Crippen LogP contribution < -0.4 is 0 Å². The van der Waals surface area contributed by atoms with E-state index in [0.717, 1.165) is 0 Å². The summed E-state index contributed by atoms with van der Waals surface area (Å²) in [6, 6.07) is 62.5. The van der Waals surface area contributed by atoms with Gasteiger partial charge in [-0.15, -0.1) is 11.3 Å². The van der Waals surface area contributed by atoms with Crippen molar-refractivity contribution >= 4 is 74.6 Å². The van der Waals surface area contributed by atoms with Crippen LogP contribution in [0.15, 0.2) is 170 Å². The highest BCUT2D eigenvalue weighted by Gasteiger charge is 2.17. The highest BCUT2D eigenvalue weighted by atomic mass is 32.1. The summed E-state index contributed by atoms with van der Waals surface area (Å²) in [5.41, 5.74) is 7.56. The molecule has 0 aliphatic carbocycles. The predicted molar refractivity (Wildman–Crippen MR) is 206 cm³/mol. The van der Waals surface area contributed by atoms with Gasteiger partial charge in [0.1, 0.15) is 0 Å². The lowest BCUT2D eigenvalue weighted by atomic mass is 9.86. The molecule has 218 valence electrons. The molecule has 0 radical (unpaired) electrons. The molecule has 0 amide bonds. The minimum Gasteiger partial charge on any atom is -0.134 e. The highest BCUT2D eigenvalue weighted by molar-refractivity contribution is 7.27. The Morgan fingerprint density at radius 1 is 0.277 bits per heavy atom. The van der Waals surface area contributed by atoms with E-state index < -0.39 is 0 Å². The average Bonchev–Trinajstić information content (AvgIpc) is 3.54. The third kappa shape index (κ3) is 4.00. The zero-order valence-electron chi connectivity index (χ0n) is 25.6. The standard InChI is InChI=1S/C46H28S/c1-2-12-30(13-3-1)43-36-17-7-9-19-38(36)44(39-20-10-8-18-37(39)43)31-24-22-29(23-25-31)32-26-27-41-42(28-32)47-46-40-21-11-5-15-34(40)33-14-4-6-16-35(33)45(41)46/h1-28H. The molecule has 0 fully saturated rings. The Bertz CT molecular complexity index is 2760. The zero-order valence-corrected chi connectivity index (χ0v) is 26.4. The molecule has 1 aromatic heterocycles. The van der Waals surface area contributed by atoms with Crippen LogP contribution >= 0.6 is 11.3 Å². The fourth-order valence-electron chi connectivity index (χ4n) is 7.77. The van der Waals surface area contributed by atoms with Crippen molar-refractivity contribution in [3.8, 4) is 33.4 Å². The maximum Gasteiger partial charge on any atom is 0.0440 e. The molecule has 47 heavy (non-hydrogen) atoms. The fourth-order valence-corrected chi connectivity index (χ4v) is 9.07. The summed E-state index contributed by atoms with van der Waals surface area (Å²) in [5, 5.41) is 13.2. The number of hydrogen-bond donors (Lipinski definition) is 0. The van der Waals surface area contributed by atoms with Crippen molar-refractivity contribution in [3.63, 3.8) is 0 Å². The van der Waals surface area contributed by atoms with Crippen LogP contribution in [0, 0.1) is 0 Å². The van der Waals surface area contributed by atoms with Crippen LogP contribution in [0.5, 0.6) is 0 Å². The lowest BCUT2D eigenvalue weighted by Crippen LogP contribution is -1.90. The van der Waals surface area contributed by atoms with Crippen molar-refractivity contribution in [1.82, 2.24) is 0 Å². The molecular weight excluding hydrogens is 585 g/mol. The molecule has 0 saturated carbocycles. The van der Waals surface area contributed by atoms with Gasteiger partial charge in [0.2, 0.25) is 0 Å². The van der Waals surface area contributed by atoms with Gasteiger partial charge in [-0.1, -0.05) is 164 Å². The van der Waals surface area contributed by atoms with Crippen LogP contribution in [0.4, 0.5) is 0 Å². The van der Waals surface area contributed by atoms with E-state index in [-0.39, 0.29) is 0 Å². The number of hydrogen-bond acceptors (Lipinski definition) is 1. The SMILES string of the molecule is c1ccc(-c2c3ccccc3c(-c3ccc(-c4ccc5c(c4)sc4c6ccccc6c6ccccc6c54)cc3)c3ccccc23)cc1. The van der Waals surface area contributed by atoms with E-state index in [1.54, 1.807) is 0 Å². The second kappa shape index (κ2) is 10.4. The molecule has 9 aromatic carbocycles. The van der Waals surface area contributed by atoms with E-state index in [1.807, 2.05) is 11.3 Å². The van der Waals surface area contributed by atoms with Gasteiger partial charge in [-0.3, -0.25) is 0 Å². The Kier molecular flexibility index (Phi) is 5.85. The lowest BCUT2D eigenvalue weighted by Gasteiger charge is -2.18. The maximum atomic E-state index is 2.39. The van der Waals surface area contributed by atoms with Gasteiger partial charge in [0.25, 0.3) is 0 Å². The van der Waals surface area contributed by atoms with Gasteiger partial charge in [0, 0.05) is 25.6 Å². The predicted octanol–water partition coefficient (Wildman–Crippen LogP) is 13.7. The van der Waals surface area contributed by atoms with Gasteiger partial charge < -0.3 is 0 Å². The molecule has 0 bridgehead atoms. The molecule has 0 spiro atoms. The molecule has 0 unspecified atom stereocenters. The van der Waals surface area contributed by atoms with Crippen LogP contribution in [0.2, 0.25) is 0 Å². The molecule has 0 atom stereocenters. The third-order valence-electron chi connectivity index (χ3n) is 9.85. The van der Waals surface area contributed by atoms with E-state index in [2.05, 4.69) is 170 Å². The van der Waals surface area contributed by atoms with Crippen molar-refractivity contribution in [1.29, 1.82) is 0 Å². The Morgan fingerprint density at radius 2 is 0.702 bits per heavy atom. The molecule has 0 aliphatic rings. The van der Waals surface area contributed by atoms with Gasteiger partial charge >= 0.3 is 0 Å². The van der Waals surface area contributed by atoms with Crippen LogP contribution in [0.3, 0.4) is 0 Å². The van der Waals surface area contributed by atoms with Crippen molar-refractivity contribution in [2.24, 2.45) is 0 Å². The van der Waals surface area contributed by atoms with Crippen LogP contribution in [-0.2, 0) is 0 Å². The third-order valence-corrected chi connectivity index (χ3v) is 11.0. The summed E-state index contributed by atoms with van der Waals surface area (Å²) in [4.78, 5) is 0. The highest BCUT2D eigenvalue weighted by Crippen LogP contribution is 2.46. The average molecular weight is 613 g/mol. The molecule has 10 aromatic rings. The van der Waals surface area contributed by atoms with E-state index in [0.29, 0.717) is 0 Å². The normalized spacial score (nSPS) is 11.8. The van der Waals surface area contributed by atoms with Gasteiger partial charge in [-0.25, -0.2) is 0 Å². The van der Waals surface area contributed by atoms with Gasteiger partial charge in [0.15, 0.2) is 0 Å². The lowest BCUT2D eigenvalue weighted by molar-refractivity contribution is 1.63. The Labute approximate surface area is 276 Å². The minimum absolute atomic E-state index is 1.23. The van der Waals surface area contributed by atoms with Crippen LogP contribution in [0.1, 0.15) is 0 Å². The molecule has 1 heteroatoms. The summed E-state index contributed by atoms with van der Waals surface area (Å²) in [7, 11) is 0. The van der Waals surface area contributed by atoms with Crippen LogP contribution in [-0.4, -0.2) is 0 Å². The molecule has 0 nitrogen and oxygen atoms in total. The first-order valence-corrected chi connectivity index (χ1v) is 17.0. The number of thiophene rings is 1. The van der Waals surface area contributed by atoms with Crippen LogP contribution in [0.25, 0.3) is 96.6 Å². The zero-order chi connectivity index (χ0) is 30.9. The van der Waals surface area contributed by atoms with Crippen molar-refractivity contribution < 1.29 is 0 Å². The Hall–Kier alpha value is -5.76. The van der Waals surface area contributed by atoms with Crippen molar-refractivity contribution in [3.05, 3.63) is 170 Å². The second-order valence-electron chi connectivity index (χ2n) is 12.4. The fraction of sp³-hybridized carbons (Fsp3) is 0. The van der Waals surface area contributed by atoms with E-state index >= 15 is 0 Å². The molecular formula is C46H28S. The number of rotatable bonds is 3. The topological polar surface area (TPSA) is 0 Å². The number of benzene rings is 9. The summed E-state index contributed by atoms with van der Waals surface area (Å²) in [5.74, 6) is 0. The summed E-state index contributed by atoms with van der Waals surface area (Å²) < 4.78 is 2.70. The minimum atomic E-state index is 1.23. The smallest absolute Gasteiger partial charge is 0.0440 e. The first-order chi connectivity index (χ1) is 23.3. The maximum absolute atomic E-state index is 2.39. The molecule has 0 aliphatic heterocycles. The van der Waals surface area contributed by atoms with E-state index in [4.69, 9.17) is 0 Å². The van der Waals surface area contributed by atoms with Crippen molar-refractivity contribution in [2.75, 3.05) is 0 Å². The summed E-state index contributed by atoms with van der Waals surface area (Å²) in [6.07, 6.45) is 0. The van der Waals surface area contributed by atoms with Crippen molar-refractivity contribution in [2.45, 2.75) is 0 Å². The summed E-state index contributed by atoms with van der Waals surface area (Å²) >= 11 is 1.92. The van der Waals surface area contributed by atoms with E-state index in [9.17, 15) is 0 Å². The first kappa shape index (κ1) is 26.5. The quantitative estimate of drug-likeness (QED) is 0.138. The monoisotopic (exact) mass is 612 g/mol.